The zero-order valence-electron chi connectivity index (χ0n) is 3.92. The summed E-state index contributed by atoms with van der Waals surface area (Å²) < 4.78 is 4.73. The first kappa shape index (κ1) is 4.44. The van der Waals surface area contributed by atoms with Crippen LogP contribution in [0.25, 0.3) is 0 Å². The standard InChI is InChI=1S/C6H6O/c1-2-6-3-4-7-5-6/h1,3-5H,2H2. The molecule has 0 aliphatic heterocycles. The summed E-state index contributed by atoms with van der Waals surface area (Å²) in [5.41, 5.74) is 1.04. The zero-order valence-corrected chi connectivity index (χ0v) is 3.92. The highest BCUT2D eigenvalue weighted by Crippen LogP contribution is 1.97. The summed E-state index contributed by atoms with van der Waals surface area (Å²) in [7, 11) is 0. The van der Waals surface area contributed by atoms with Crippen LogP contribution in [0, 0.1) is 6.92 Å². The van der Waals surface area contributed by atoms with Crippen molar-refractivity contribution < 1.29 is 4.42 Å². The second-order valence-electron chi connectivity index (χ2n) is 1.34. The number of hydrogen-bond acceptors (Lipinski definition) is 1. The van der Waals surface area contributed by atoms with Crippen LogP contribution >= 0.6 is 0 Å². The molecule has 1 heterocycles. The first-order valence-corrected chi connectivity index (χ1v) is 2.14. The minimum absolute atomic E-state index is 0.566. The summed E-state index contributed by atoms with van der Waals surface area (Å²) in [5.74, 6) is 0. The quantitative estimate of drug-likeness (QED) is 0.514. The van der Waals surface area contributed by atoms with Crippen molar-refractivity contribution in [3.8, 4) is 0 Å². The van der Waals surface area contributed by atoms with Gasteiger partial charge in [-0.2, -0.15) is 0 Å². The zero-order chi connectivity index (χ0) is 5.11. The van der Waals surface area contributed by atoms with Gasteiger partial charge in [0.25, 0.3) is 0 Å². The summed E-state index contributed by atoms with van der Waals surface area (Å²) in [6.45, 7) is 5.23. The molecule has 1 aromatic heterocycles. The number of hydrogen-bond donors (Lipinski definition) is 0. The van der Waals surface area contributed by atoms with Gasteiger partial charge in [-0.05, 0) is 25.0 Å². The minimum Gasteiger partial charge on any atom is -0.472 e. The molecule has 0 spiro atoms. The van der Waals surface area contributed by atoms with Crippen LogP contribution in [0.3, 0.4) is 0 Å². The van der Waals surface area contributed by atoms with Gasteiger partial charge in [0, 0.05) is 0 Å². The highest BCUT2D eigenvalue weighted by molar-refractivity contribution is 5.05. The number of furan rings is 1. The Labute approximate surface area is 43.0 Å². The third kappa shape index (κ3) is 0.829. The predicted molar refractivity (Wildman–Crippen MR) is 26.7 cm³/mol. The van der Waals surface area contributed by atoms with Crippen LogP contribution in [0.4, 0.5) is 0 Å². The molecule has 0 fully saturated rings. The normalized spacial score (nSPS) is 9.29. The van der Waals surface area contributed by atoms with E-state index < -0.39 is 0 Å². The second-order valence-corrected chi connectivity index (χ2v) is 1.34. The molecule has 0 aliphatic rings. The van der Waals surface area contributed by atoms with Crippen molar-refractivity contribution in [3.63, 3.8) is 0 Å². The van der Waals surface area contributed by atoms with Gasteiger partial charge >= 0.3 is 0 Å². The van der Waals surface area contributed by atoms with Gasteiger partial charge in [0.15, 0.2) is 0 Å². The fourth-order valence-electron chi connectivity index (χ4n) is 0.409. The topological polar surface area (TPSA) is 13.1 Å². The molecule has 7 heavy (non-hydrogen) atoms. The Balaban J connectivity index is 2.76. The van der Waals surface area contributed by atoms with E-state index in [1.165, 1.54) is 0 Å². The monoisotopic (exact) mass is 94.0 g/mol. The van der Waals surface area contributed by atoms with Crippen molar-refractivity contribution in [2.24, 2.45) is 0 Å². The maximum absolute atomic E-state index is 5.23. The predicted octanol–water partition coefficient (Wildman–Crippen LogP) is 1.53. The lowest BCUT2D eigenvalue weighted by atomic mass is 10.3. The first-order chi connectivity index (χ1) is 3.43. The van der Waals surface area contributed by atoms with E-state index in [2.05, 4.69) is 0 Å². The van der Waals surface area contributed by atoms with Crippen molar-refractivity contribution in [1.29, 1.82) is 0 Å². The van der Waals surface area contributed by atoms with Crippen LogP contribution < -0.4 is 0 Å². The van der Waals surface area contributed by atoms with Crippen LogP contribution in [0.2, 0.25) is 0 Å². The van der Waals surface area contributed by atoms with Crippen molar-refractivity contribution in [1.82, 2.24) is 0 Å². The maximum Gasteiger partial charge on any atom is 0.0934 e. The third-order valence-corrected chi connectivity index (χ3v) is 0.816. The highest BCUT2D eigenvalue weighted by Gasteiger charge is 1.84. The Morgan fingerprint density at radius 3 is 2.86 bits per heavy atom. The summed E-state index contributed by atoms with van der Waals surface area (Å²) in [4.78, 5) is 0. The molecule has 0 amide bonds. The number of rotatable bonds is 1. The fourth-order valence-corrected chi connectivity index (χ4v) is 0.409. The molecule has 1 aromatic rings. The molecule has 0 atom stereocenters. The lowest BCUT2D eigenvalue weighted by molar-refractivity contribution is 0.565. The molecule has 2 radical (unpaired) electrons. The summed E-state index contributed by atoms with van der Waals surface area (Å²) in [6.07, 6.45) is 3.82. The third-order valence-electron chi connectivity index (χ3n) is 0.816. The van der Waals surface area contributed by atoms with Crippen molar-refractivity contribution in [2.45, 2.75) is 6.42 Å². The lowest BCUT2D eigenvalue weighted by Crippen LogP contribution is -1.67. The Morgan fingerprint density at radius 1 is 1.71 bits per heavy atom. The van der Waals surface area contributed by atoms with Crippen LogP contribution in [-0.4, -0.2) is 0 Å². The molecule has 1 rings (SSSR count). The largest absolute Gasteiger partial charge is 0.472 e. The molecule has 1 heteroatoms. The molecule has 0 saturated heterocycles. The summed E-state index contributed by atoms with van der Waals surface area (Å²) in [6, 6.07) is 1.85. The van der Waals surface area contributed by atoms with Crippen LogP contribution in [0.1, 0.15) is 5.56 Å². The molecule has 0 saturated carbocycles. The fraction of sp³-hybridized carbons (Fsp3) is 0.167. The van der Waals surface area contributed by atoms with E-state index in [9.17, 15) is 0 Å². The van der Waals surface area contributed by atoms with Gasteiger partial charge < -0.3 is 4.42 Å². The molecule has 0 N–H and O–H groups in total. The van der Waals surface area contributed by atoms with Crippen LogP contribution in [-0.2, 0) is 6.42 Å². The van der Waals surface area contributed by atoms with Gasteiger partial charge in [-0.25, -0.2) is 0 Å². The summed E-state index contributed by atoms with van der Waals surface area (Å²) >= 11 is 0. The molecule has 36 valence electrons. The Hall–Kier alpha value is -0.720. The van der Waals surface area contributed by atoms with Gasteiger partial charge in [0.05, 0.1) is 12.5 Å². The van der Waals surface area contributed by atoms with Crippen molar-refractivity contribution in [3.05, 3.63) is 31.1 Å². The van der Waals surface area contributed by atoms with E-state index in [0.717, 1.165) is 5.56 Å². The molecule has 1 nitrogen and oxygen atoms in total. The molecular weight excluding hydrogens is 88.1 g/mol. The molecule has 0 aromatic carbocycles. The van der Waals surface area contributed by atoms with E-state index >= 15 is 0 Å². The van der Waals surface area contributed by atoms with Crippen LogP contribution in [0.15, 0.2) is 23.0 Å². The molecular formula is C6H6O. The van der Waals surface area contributed by atoms with Gasteiger partial charge in [-0.3, -0.25) is 0 Å². The molecule has 0 aliphatic carbocycles. The van der Waals surface area contributed by atoms with Gasteiger partial charge in [0.2, 0.25) is 0 Å². The van der Waals surface area contributed by atoms with Crippen molar-refractivity contribution >= 4 is 0 Å². The minimum atomic E-state index is 0.566. The highest BCUT2D eigenvalue weighted by atomic mass is 16.3. The average Bonchev–Trinajstić information content (AvgIpc) is 2.14. The second kappa shape index (κ2) is 1.82. The van der Waals surface area contributed by atoms with Crippen molar-refractivity contribution in [2.75, 3.05) is 0 Å². The van der Waals surface area contributed by atoms with Gasteiger partial charge in [0.1, 0.15) is 0 Å². The van der Waals surface area contributed by atoms with E-state index in [4.69, 9.17) is 11.3 Å². The average molecular weight is 94.1 g/mol. The van der Waals surface area contributed by atoms with E-state index in [1.807, 2.05) is 6.07 Å². The smallest absolute Gasteiger partial charge is 0.0934 e. The van der Waals surface area contributed by atoms with Gasteiger partial charge in [-0.1, -0.05) is 0 Å². The van der Waals surface area contributed by atoms with E-state index in [-0.39, 0.29) is 0 Å². The first-order valence-electron chi connectivity index (χ1n) is 2.14. The molecule has 0 unspecified atom stereocenters. The van der Waals surface area contributed by atoms with E-state index in [0.29, 0.717) is 6.42 Å². The SMILES string of the molecule is [CH]Cc1ccoc1. The maximum atomic E-state index is 5.23. The van der Waals surface area contributed by atoms with Crippen LogP contribution in [0.5, 0.6) is 0 Å². The summed E-state index contributed by atoms with van der Waals surface area (Å²) in [5, 5.41) is 0. The lowest BCUT2D eigenvalue weighted by Gasteiger charge is -1.76. The Kier molecular flexibility index (Phi) is 1.16. The Bertz CT molecular complexity index is 119. The van der Waals surface area contributed by atoms with Gasteiger partial charge in [-0.15, -0.1) is 0 Å². The molecule has 0 bridgehead atoms. The Morgan fingerprint density at radius 2 is 2.57 bits per heavy atom. The van der Waals surface area contributed by atoms with E-state index in [1.54, 1.807) is 12.5 Å².